The Labute approximate surface area is 162 Å². The lowest BCUT2D eigenvalue weighted by molar-refractivity contribution is -0.151. The Morgan fingerprint density at radius 2 is 1.85 bits per heavy atom. The number of carbonyl (C=O) groups is 2. The van der Waals surface area contributed by atoms with E-state index in [1.165, 1.54) is 0 Å². The molecule has 1 saturated carbocycles. The van der Waals surface area contributed by atoms with Gasteiger partial charge in [0.15, 0.2) is 0 Å². The van der Waals surface area contributed by atoms with Crippen LogP contribution in [0.2, 0.25) is 0 Å². The predicted molar refractivity (Wildman–Crippen MR) is 105 cm³/mol. The Balaban J connectivity index is 1.66. The largest absolute Gasteiger partial charge is 0.461 e. The molecule has 0 amide bonds. The summed E-state index contributed by atoms with van der Waals surface area (Å²) in [5.74, 6) is 0.0336. The number of esters is 2. The van der Waals surface area contributed by atoms with E-state index in [0.29, 0.717) is 31.9 Å². The van der Waals surface area contributed by atoms with Crippen LogP contribution in [0.25, 0.3) is 0 Å². The van der Waals surface area contributed by atoms with Crippen molar-refractivity contribution in [1.82, 2.24) is 5.32 Å². The second-order valence-electron chi connectivity index (χ2n) is 7.73. The van der Waals surface area contributed by atoms with E-state index in [1.807, 2.05) is 30.3 Å². The van der Waals surface area contributed by atoms with E-state index in [9.17, 15) is 9.59 Å². The molecule has 1 aromatic rings. The minimum atomic E-state index is -0.300. The van der Waals surface area contributed by atoms with Gasteiger partial charge in [0.2, 0.25) is 0 Å². The number of carbonyl (C=O) groups excluding carboxylic acids is 2. The van der Waals surface area contributed by atoms with Gasteiger partial charge >= 0.3 is 11.9 Å². The maximum absolute atomic E-state index is 12.4. The van der Waals surface area contributed by atoms with Crippen LogP contribution in [0.15, 0.2) is 30.3 Å². The summed E-state index contributed by atoms with van der Waals surface area (Å²) in [6.45, 7) is 5.09. The topological polar surface area (TPSA) is 64.6 Å². The molecular formula is C22H33NO4. The van der Waals surface area contributed by atoms with Crippen LogP contribution in [-0.4, -0.2) is 30.6 Å². The summed E-state index contributed by atoms with van der Waals surface area (Å²) >= 11 is 0. The molecule has 0 heterocycles. The van der Waals surface area contributed by atoms with Gasteiger partial charge in [-0.05, 0) is 56.6 Å². The Kier molecular flexibility index (Phi) is 9.32. The predicted octanol–water partition coefficient (Wildman–Crippen LogP) is 4.00. The number of hydrogen-bond donors (Lipinski definition) is 1. The molecule has 5 heteroatoms. The van der Waals surface area contributed by atoms with Crippen molar-refractivity contribution < 1.29 is 19.1 Å². The van der Waals surface area contributed by atoms with Gasteiger partial charge < -0.3 is 14.8 Å². The van der Waals surface area contributed by atoms with Crippen LogP contribution in [0, 0.1) is 5.92 Å². The quantitative estimate of drug-likeness (QED) is 0.468. The van der Waals surface area contributed by atoms with Crippen molar-refractivity contribution in [3.63, 3.8) is 0 Å². The minimum absolute atomic E-state index is 0.0851. The van der Waals surface area contributed by atoms with Crippen LogP contribution in [0.5, 0.6) is 0 Å². The van der Waals surface area contributed by atoms with Crippen LogP contribution < -0.4 is 5.32 Å². The third kappa shape index (κ3) is 8.57. The van der Waals surface area contributed by atoms with Crippen LogP contribution in [0.3, 0.4) is 0 Å². The first-order chi connectivity index (χ1) is 13.0. The molecular weight excluding hydrogens is 342 g/mol. The van der Waals surface area contributed by atoms with Gasteiger partial charge in [0.05, 0.1) is 0 Å². The highest BCUT2D eigenvalue weighted by molar-refractivity contribution is 5.76. The highest BCUT2D eigenvalue weighted by atomic mass is 16.5. The normalized spacial score (nSPS) is 15.7. The van der Waals surface area contributed by atoms with Crippen LogP contribution >= 0.6 is 0 Å². The third-order valence-corrected chi connectivity index (χ3v) is 4.77. The van der Waals surface area contributed by atoms with Gasteiger partial charge in [0.25, 0.3) is 0 Å². The SMILES string of the molecule is CC(C)C[C@H](NCCCC(=O)OCc1ccccc1)C(=O)OC1CCCC1. The molecule has 0 aromatic heterocycles. The molecule has 0 spiro atoms. The zero-order chi connectivity index (χ0) is 19.5. The summed E-state index contributed by atoms with van der Waals surface area (Å²) in [6.07, 6.45) is 6.05. The summed E-state index contributed by atoms with van der Waals surface area (Å²) in [6, 6.07) is 9.34. The lowest BCUT2D eigenvalue weighted by atomic mass is 10.0. The van der Waals surface area contributed by atoms with Crippen LogP contribution in [0.1, 0.15) is 64.4 Å². The number of nitrogens with one attached hydrogen (secondary N) is 1. The first-order valence-electron chi connectivity index (χ1n) is 10.2. The number of rotatable bonds is 11. The van der Waals surface area contributed by atoms with Gasteiger partial charge in [-0.3, -0.25) is 9.59 Å². The average molecular weight is 376 g/mol. The fourth-order valence-electron chi connectivity index (χ4n) is 3.31. The zero-order valence-electron chi connectivity index (χ0n) is 16.6. The molecule has 0 radical (unpaired) electrons. The molecule has 1 fully saturated rings. The van der Waals surface area contributed by atoms with Gasteiger partial charge in [-0.1, -0.05) is 44.2 Å². The van der Waals surface area contributed by atoms with Crippen molar-refractivity contribution >= 4 is 11.9 Å². The third-order valence-electron chi connectivity index (χ3n) is 4.77. The van der Waals surface area contributed by atoms with E-state index in [1.54, 1.807) is 0 Å². The second-order valence-corrected chi connectivity index (χ2v) is 7.73. The molecule has 1 aromatic carbocycles. The molecule has 5 nitrogen and oxygen atoms in total. The van der Waals surface area contributed by atoms with Gasteiger partial charge in [-0.15, -0.1) is 0 Å². The van der Waals surface area contributed by atoms with Crippen LogP contribution in [0.4, 0.5) is 0 Å². The van der Waals surface area contributed by atoms with E-state index >= 15 is 0 Å². The van der Waals surface area contributed by atoms with Crippen molar-refractivity contribution in [2.24, 2.45) is 5.92 Å². The standard InChI is InChI=1S/C22H33NO4/c1-17(2)15-20(22(25)27-19-11-6-7-12-19)23-14-8-13-21(24)26-16-18-9-4-3-5-10-18/h3-5,9-10,17,19-20,23H,6-8,11-16H2,1-2H3/t20-/m0/s1. The van der Waals surface area contributed by atoms with Crippen molar-refractivity contribution in [1.29, 1.82) is 0 Å². The van der Waals surface area contributed by atoms with E-state index < -0.39 is 0 Å². The van der Waals surface area contributed by atoms with Gasteiger partial charge in [-0.2, -0.15) is 0 Å². The fourth-order valence-corrected chi connectivity index (χ4v) is 3.31. The molecule has 2 rings (SSSR count). The van der Waals surface area contributed by atoms with E-state index in [0.717, 1.165) is 37.7 Å². The Bertz CT molecular complexity index is 567. The summed E-state index contributed by atoms with van der Waals surface area (Å²) in [5.41, 5.74) is 0.982. The minimum Gasteiger partial charge on any atom is -0.461 e. The van der Waals surface area contributed by atoms with E-state index in [4.69, 9.17) is 9.47 Å². The highest BCUT2D eigenvalue weighted by Crippen LogP contribution is 2.22. The molecule has 0 aliphatic heterocycles. The first kappa shape index (κ1) is 21.4. The smallest absolute Gasteiger partial charge is 0.323 e. The van der Waals surface area contributed by atoms with Crippen molar-refractivity contribution in [3.8, 4) is 0 Å². The Morgan fingerprint density at radius 3 is 2.52 bits per heavy atom. The maximum Gasteiger partial charge on any atom is 0.323 e. The lowest BCUT2D eigenvalue weighted by Gasteiger charge is -2.21. The van der Waals surface area contributed by atoms with E-state index in [2.05, 4.69) is 19.2 Å². The highest BCUT2D eigenvalue weighted by Gasteiger charge is 2.25. The summed E-state index contributed by atoms with van der Waals surface area (Å²) in [7, 11) is 0. The van der Waals surface area contributed by atoms with Crippen LogP contribution in [-0.2, 0) is 25.7 Å². The molecule has 150 valence electrons. The molecule has 27 heavy (non-hydrogen) atoms. The van der Waals surface area contributed by atoms with Gasteiger partial charge in [-0.25, -0.2) is 0 Å². The number of benzene rings is 1. The summed E-state index contributed by atoms with van der Waals surface area (Å²) in [5, 5.41) is 3.27. The van der Waals surface area contributed by atoms with Crippen molar-refractivity contribution in [2.45, 2.75) is 77.5 Å². The summed E-state index contributed by atoms with van der Waals surface area (Å²) < 4.78 is 10.9. The molecule has 1 atom stereocenters. The monoisotopic (exact) mass is 375 g/mol. The van der Waals surface area contributed by atoms with Gasteiger partial charge in [0.1, 0.15) is 18.8 Å². The molecule has 0 unspecified atom stereocenters. The Morgan fingerprint density at radius 1 is 1.15 bits per heavy atom. The van der Waals surface area contributed by atoms with Crippen molar-refractivity contribution in [3.05, 3.63) is 35.9 Å². The van der Waals surface area contributed by atoms with E-state index in [-0.39, 0.29) is 24.1 Å². The molecule has 1 N–H and O–H groups in total. The molecule has 1 aliphatic carbocycles. The molecule has 0 bridgehead atoms. The number of ether oxygens (including phenoxy) is 2. The lowest BCUT2D eigenvalue weighted by Crippen LogP contribution is -2.41. The van der Waals surface area contributed by atoms with Gasteiger partial charge in [0, 0.05) is 6.42 Å². The first-order valence-corrected chi connectivity index (χ1v) is 10.2. The Hall–Kier alpha value is -1.88. The maximum atomic E-state index is 12.4. The molecule has 1 aliphatic rings. The fraction of sp³-hybridized carbons (Fsp3) is 0.636. The van der Waals surface area contributed by atoms with Crippen molar-refractivity contribution in [2.75, 3.05) is 6.54 Å². The number of hydrogen-bond acceptors (Lipinski definition) is 5. The molecule has 0 saturated heterocycles. The summed E-state index contributed by atoms with van der Waals surface area (Å²) in [4.78, 5) is 24.3. The second kappa shape index (κ2) is 11.8. The average Bonchev–Trinajstić information content (AvgIpc) is 3.16. The zero-order valence-corrected chi connectivity index (χ0v) is 16.6.